The smallest absolute Gasteiger partial charge is 0.206 e. The molecular weight excluding hydrogens is 382 g/mol. The molecule has 0 heterocycles. The Labute approximate surface area is 109 Å². The first-order valence-electron chi connectivity index (χ1n) is 4.11. The van der Waals surface area contributed by atoms with E-state index in [1.54, 1.807) is 0 Å². The molecule has 0 radical (unpaired) electrons. The van der Waals surface area contributed by atoms with E-state index in [0.29, 0.717) is 0 Å². The summed E-state index contributed by atoms with van der Waals surface area (Å²) in [6.07, 6.45) is -5.68. The summed E-state index contributed by atoms with van der Waals surface area (Å²) >= 11 is 5.00. The third-order valence-electron chi connectivity index (χ3n) is 1.93. The SMILES string of the molecule is Fc1ccc(C(Br)C(F)(F)C(F)(F)F)cc1Br. The topological polar surface area (TPSA) is 0 Å². The highest BCUT2D eigenvalue weighted by Crippen LogP contribution is 2.49. The maximum absolute atomic E-state index is 13.0. The van der Waals surface area contributed by atoms with E-state index in [-0.39, 0.29) is 10.0 Å². The second-order valence-electron chi connectivity index (χ2n) is 3.16. The Hall–Kier alpha value is -0.240. The van der Waals surface area contributed by atoms with Crippen molar-refractivity contribution < 1.29 is 26.3 Å². The van der Waals surface area contributed by atoms with E-state index in [9.17, 15) is 26.3 Å². The summed E-state index contributed by atoms with van der Waals surface area (Å²) in [6, 6.07) is 2.54. The highest BCUT2D eigenvalue weighted by Gasteiger charge is 2.62. The summed E-state index contributed by atoms with van der Waals surface area (Å²) in [7, 11) is 0. The lowest BCUT2D eigenvalue weighted by Crippen LogP contribution is -2.39. The maximum atomic E-state index is 13.0. The summed E-state index contributed by atoms with van der Waals surface area (Å²) in [5, 5.41) is 0. The van der Waals surface area contributed by atoms with Crippen LogP contribution in [0.2, 0.25) is 0 Å². The zero-order chi connectivity index (χ0) is 13.4. The van der Waals surface area contributed by atoms with Crippen LogP contribution in [-0.2, 0) is 0 Å². The molecular formula is C9H4Br2F6. The fourth-order valence-electron chi connectivity index (χ4n) is 1.02. The van der Waals surface area contributed by atoms with Gasteiger partial charge in [-0.05, 0) is 33.6 Å². The van der Waals surface area contributed by atoms with Crippen LogP contribution in [0.15, 0.2) is 22.7 Å². The Kier molecular flexibility index (Phi) is 4.18. The lowest BCUT2D eigenvalue weighted by atomic mass is 10.1. The fraction of sp³-hybridized carbons (Fsp3) is 0.333. The molecule has 1 aromatic carbocycles. The van der Waals surface area contributed by atoms with Gasteiger partial charge in [0.25, 0.3) is 0 Å². The van der Waals surface area contributed by atoms with Crippen molar-refractivity contribution >= 4 is 31.9 Å². The average molecular weight is 386 g/mol. The Bertz CT molecular complexity index is 414. The molecule has 0 bridgehead atoms. The van der Waals surface area contributed by atoms with Gasteiger partial charge in [0.2, 0.25) is 0 Å². The molecule has 0 aliphatic rings. The van der Waals surface area contributed by atoms with Gasteiger partial charge in [-0.1, -0.05) is 22.0 Å². The van der Waals surface area contributed by atoms with Crippen molar-refractivity contribution in [1.29, 1.82) is 0 Å². The molecule has 0 aromatic heterocycles. The lowest BCUT2D eigenvalue weighted by Gasteiger charge is -2.24. The number of alkyl halides is 6. The quantitative estimate of drug-likeness (QED) is 0.483. The van der Waals surface area contributed by atoms with Crippen LogP contribution in [0.3, 0.4) is 0 Å². The van der Waals surface area contributed by atoms with Gasteiger partial charge in [0.05, 0.1) is 4.47 Å². The van der Waals surface area contributed by atoms with Gasteiger partial charge < -0.3 is 0 Å². The molecule has 8 heteroatoms. The number of hydrogen-bond donors (Lipinski definition) is 0. The Morgan fingerprint density at radius 3 is 2.00 bits per heavy atom. The number of benzene rings is 1. The molecule has 1 rings (SSSR count). The molecule has 0 saturated heterocycles. The molecule has 0 aliphatic carbocycles. The van der Waals surface area contributed by atoms with Gasteiger partial charge in [-0.25, -0.2) is 4.39 Å². The number of halogens is 8. The molecule has 0 aliphatic heterocycles. The molecule has 1 aromatic rings. The zero-order valence-corrected chi connectivity index (χ0v) is 11.0. The molecule has 1 unspecified atom stereocenters. The van der Waals surface area contributed by atoms with Crippen LogP contribution in [0.5, 0.6) is 0 Å². The summed E-state index contributed by atoms with van der Waals surface area (Å²) < 4.78 is 74.8. The van der Waals surface area contributed by atoms with E-state index in [1.165, 1.54) is 0 Å². The Morgan fingerprint density at radius 2 is 1.59 bits per heavy atom. The summed E-state index contributed by atoms with van der Waals surface area (Å²) in [5.41, 5.74) is -0.374. The van der Waals surface area contributed by atoms with Crippen LogP contribution in [0.1, 0.15) is 10.4 Å². The minimum atomic E-state index is -5.68. The van der Waals surface area contributed by atoms with Crippen molar-refractivity contribution in [1.82, 2.24) is 0 Å². The standard InChI is InChI=1S/C9H4Br2F6/c10-5-3-4(1-2-6(5)12)7(11)8(13,14)9(15,16)17/h1-3,7H. The van der Waals surface area contributed by atoms with Crippen molar-refractivity contribution in [3.05, 3.63) is 34.1 Å². The van der Waals surface area contributed by atoms with Gasteiger partial charge in [-0.2, -0.15) is 22.0 Å². The first-order chi connectivity index (χ1) is 7.57. The van der Waals surface area contributed by atoms with Crippen molar-refractivity contribution in [2.45, 2.75) is 16.9 Å². The largest absolute Gasteiger partial charge is 0.454 e. The van der Waals surface area contributed by atoms with Crippen LogP contribution in [0.25, 0.3) is 0 Å². The zero-order valence-electron chi connectivity index (χ0n) is 7.83. The molecule has 0 fully saturated rings. The first kappa shape index (κ1) is 14.8. The van der Waals surface area contributed by atoms with Crippen molar-refractivity contribution in [2.75, 3.05) is 0 Å². The second kappa shape index (κ2) is 4.79. The molecule has 96 valence electrons. The van der Waals surface area contributed by atoms with Gasteiger partial charge in [0.15, 0.2) is 0 Å². The van der Waals surface area contributed by atoms with Crippen LogP contribution in [-0.4, -0.2) is 12.1 Å². The van der Waals surface area contributed by atoms with Gasteiger partial charge >= 0.3 is 12.1 Å². The average Bonchev–Trinajstić information content (AvgIpc) is 2.19. The van der Waals surface area contributed by atoms with E-state index < -0.39 is 22.7 Å². The highest BCUT2D eigenvalue weighted by atomic mass is 79.9. The molecule has 1 atom stereocenters. The van der Waals surface area contributed by atoms with Gasteiger partial charge in [0.1, 0.15) is 10.6 Å². The maximum Gasteiger partial charge on any atom is 0.454 e. The van der Waals surface area contributed by atoms with E-state index in [1.807, 2.05) is 0 Å². The Balaban J connectivity index is 3.12. The normalized spacial score (nSPS) is 14.8. The van der Waals surface area contributed by atoms with E-state index in [0.717, 1.165) is 18.2 Å². The monoisotopic (exact) mass is 384 g/mol. The lowest BCUT2D eigenvalue weighted by molar-refractivity contribution is -0.281. The second-order valence-corrected chi connectivity index (χ2v) is 4.93. The van der Waals surface area contributed by atoms with Crippen molar-refractivity contribution in [3.8, 4) is 0 Å². The number of rotatable bonds is 2. The van der Waals surface area contributed by atoms with Gasteiger partial charge in [0, 0.05) is 0 Å². The predicted octanol–water partition coefficient (Wildman–Crippen LogP) is 5.22. The number of hydrogen-bond acceptors (Lipinski definition) is 0. The predicted molar refractivity (Wildman–Crippen MR) is 56.8 cm³/mol. The Morgan fingerprint density at radius 1 is 1.06 bits per heavy atom. The molecule has 0 spiro atoms. The minimum Gasteiger partial charge on any atom is -0.206 e. The molecule has 0 amide bonds. The third kappa shape index (κ3) is 2.96. The van der Waals surface area contributed by atoms with Crippen LogP contribution < -0.4 is 0 Å². The van der Waals surface area contributed by atoms with Gasteiger partial charge in [-0.15, -0.1) is 0 Å². The molecule has 0 N–H and O–H groups in total. The van der Waals surface area contributed by atoms with Crippen LogP contribution >= 0.6 is 31.9 Å². The molecule has 17 heavy (non-hydrogen) atoms. The molecule has 0 saturated carbocycles. The summed E-state index contributed by atoms with van der Waals surface area (Å²) in [6.45, 7) is 0. The van der Waals surface area contributed by atoms with Crippen molar-refractivity contribution in [3.63, 3.8) is 0 Å². The summed E-state index contributed by atoms with van der Waals surface area (Å²) in [5.74, 6) is -5.69. The molecule has 0 nitrogen and oxygen atoms in total. The summed E-state index contributed by atoms with van der Waals surface area (Å²) in [4.78, 5) is -2.27. The van der Waals surface area contributed by atoms with Crippen LogP contribution in [0, 0.1) is 5.82 Å². The van der Waals surface area contributed by atoms with E-state index in [2.05, 4.69) is 31.9 Å². The fourth-order valence-corrected chi connectivity index (χ4v) is 1.96. The minimum absolute atomic E-state index is 0.183. The third-order valence-corrected chi connectivity index (χ3v) is 3.64. The van der Waals surface area contributed by atoms with E-state index >= 15 is 0 Å². The van der Waals surface area contributed by atoms with Crippen molar-refractivity contribution in [2.24, 2.45) is 0 Å². The van der Waals surface area contributed by atoms with Gasteiger partial charge in [-0.3, -0.25) is 0 Å². The van der Waals surface area contributed by atoms with E-state index in [4.69, 9.17) is 0 Å². The first-order valence-corrected chi connectivity index (χ1v) is 5.82. The van der Waals surface area contributed by atoms with Crippen LogP contribution in [0.4, 0.5) is 26.3 Å². The highest BCUT2D eigenvalue weighted by molar-refractivity contribution is 9.10.